The number of unbranched alkanes of at least 4 members (excludes halogenated alkanes) is 1. The van der Waals surface area contributed by atoms with Crippen molar-refractivity contribution < 1.29 is 22.4 Å². The summed E-state index contributed by atoms with van der Waals surface area (Å²) in [6, 6.07) is 11.9. The molecule has 0 aliphatic carbocycles. The van der Waals surface area contributed by atoms with Crippen LogP contribution in [0.4, 0.5) is 0 Å². The largest absolute Gasteiger partial charge is 0.467 e. The fourth-order valence-corrected chi connectivity index (χ4v) is 4.94. The van der Waals surface area contributed by atoms with Crippen LogP contribution in [0.15, 0.2) is 58.0 Å². The molecule has 1 saturated heterocycles. The summed E-state index contributed by atoms with van der Waals surface area (Å²) in [5.41, 5.74) is 0. The third kappa shape index (κ3) is 5.93. The molecule has 1 aromatic carbocycles. The van der Waals surface area contributed by atoms with Gasteiger partial charge >= 0.3 is 0 Å². The van der Waals surface area contributed by atoms with Gasteiger partial charge in [0.1, 0.15) is 5.76 Å². The second-order valence-electron chi connectivity index (χ2n) is 7.49. The first-order valence-electron chi connectivity index (χ1n) is 10.5. The van der Waals surface area contributed by atoms with Gasteiger partial charge in [0.25, 0.3) is 0 Å². The molecule has 0 bridgehead atoms. The number of hydrogen-bond acceptors (Lipinski definition) is 5. The Bertz CT molecular complexity index is 878. The first-order chi connectivity index (χ1) is 14.5. The van der Waals surface area contributed by atoms with E-state index in [1.165, 1.54) is 4.31 Å². The third-order valence-corrected chi connectivity index (χ3v) is 7.04. The van der Waals surface area contributed by atoms with Crippen molar-refractivity contribution in [2.75, 3.05) is 26.2 Å². The lowest BCUT2D eigenvalue weighted by atomic mass is 10.2. The minimum atomic E-state index is -3.76. The molecule has 1 aromatic heterocycles. The summed E-state index contributed by atoms with van der Waals surface area (Å²) in [6.07, 6.45) is 4.92. The molecule has 30 heavy (non-hydrogen) atoms. The zero-order valence-corrected chi connectivity index (χ0v) is 18.2. The maximum absolute atomic E-state index is 13.2. The highest BCUT2D eigenvalue weighted by Gasteiger charge is 2.30. The molecule has 1 aliphatic heterocycles. The Balaban J connectivity index is 1.78. The lowest BCUT2D eigenvalue weighted by Crippen LogP contribution is -2.45. The van der Waals surface area contributed by atoms with Crippen molar-refractivity contribution >= 4 is 15.9 Å². The Kier molecular flexibility index (Phi) is 8.07. The molecular weight excluding hydrogens is 404 g/mol. The normalized spacial score (nSPS) is 16.8. The zero-order chi connectivity index (χ0) is 21.4. The van der Waals surface area contributed by atoms with Crippen molar-refractivity contribution in [1.29, 1.82) is 0 Å². The Hall–Kier alpha value is -2.16. The second kappa shape index (κ2) is 10.7. The molecule has 1 aliphatic rings. The quantitative estimate of drug-likeness (QED) is 0.542. The number of amides is 1. The van der Waals surface area contributed by atoms with Crippen LogP contribution in [-0.2, 0) is 26.1 Å². The summed E-state index contributed by atoms with van der Waals surface area (Å²) >= 11 is 0. The van der Waals surface area contributed by atoms with Crippen LogP contribution < -0.4 is 0 Å². The predicted molar refractivity (Wildman–Crippen MR) is 113 cm³/mol. The van der Waals surface area contributed by atoms with Gasteiger partial charge in [-0.3, -0.25) is 4.79 Å². The lowest BCUT2D eigenvalue weighted by Gasteiger charge is -2.28. The van der Waals surface area contributed by atoms with E-state index in [2.05, 4.69) is 0 Å². The van der Waals surface area contributed by atoms with E-state index in [0.29, 0.717) is 38.4 Å². The Morgan fingerprint density at radius 2 is 1.97 bits per heavy atom. The number of nitrogens with zero attached hydrogens (tertiary/aromatic N) is 2. The molecule has 1 atom stereocenters. The van der Waals surface area contributed by atoms with Crippen LogP contribution in [0.2, 0.25) is 0 Å². The first-order valence-corrected chi connectivity index (χ1v) is 11.9. The highest BCUT2D eigenvalue weighted by Crippen LogP contribution is 2.19. The van der Waals surface area contributed by atoms with Crippen molar-refractivity contribution in [3.63, 3.8) is 0 Å². The molecule has 0 spiro atoms. The SMILES string of the molecule is CCCCN(CC(=O)N(Cc1ccco1)CC1CCCO1)S(=O)(=O)c1ccccc1. The van der Waals surface area contributed by atoms with Gasteiger partial charge in [-0.25, -0.2) is 8.42 Å². The summed E-state index contributed by atoms with van der Waals surface area (Å²) < 4.78 is 38.8. The molecule has 1 unspecified atom stereocenters. The van der Waals surface area contributed by atoms with E-state index >= 15 is 0 Å². The number of furan rings is 1. The highest BCUT2D eigenvalue weighted by atomic mass is 32.2. The van der Waals surface area contributed by atoms with Crippen molar-refractivity contribution in [3.05, 3.63) is 54.5 Å². The first kappa shape index (κ1) is 22.5. The molecule has 1 fully saturated rings. The average Bonchev–Trinajstić information content (AvgIpc) is 3.45. The van der Waals surface area contributed by atoms with E-state index in [1.807, 2.05) is 13.0 Å². The molecule has 0 radical (unpaired) electrons. The van der Waals surface area contributed by atoms with E-state index in [0.717, 1.165) is 19.3 Å². The van der Waals surface area contributed by atoms with Crippen molar-refractivity contribution in [2.24, 2.45) is 0 Å². The third-order valence-electron chi connectivity index (χ3n) is 5.18. The number of sulfonamides is 1. The van der Waals surface area contributed by atoms with Gasteiger partial charge in [-0.05, 0) is 43.5 Å². The summed E-state index contributed by atoms with van der Waals surface area (Å²) in [5.74, 6) is 0.407. The van der Waals surface area contributed by atoms with E-state index in [1.54, 1.807) is 47.6 Å². The fourth-order valence-electron chi connectivity index (χ4n) is 3.49. The molecule has 8 heteroatoms. The van der Waals surface area contributed by atoms with Gasteiger partial charge < -0.3 is 14.1 Å². The number of rotatable bonds is 11. The minimum absolute atomic E-state index is 0.0289. The Labute approximate surface area is 178 Å². The molecule has 1 amide bonds. The van der Waals surface area contributed by atoms with Crippen LogP contribution >= 0.6 is 0 Å². The smallest absolute Gasteiger partial charge is 0.243 e. The van der Waals surface area contributed by atoms with Crippen LogP contribution in [0.3, 0.4) is 0 Å². The number of carbonyl (C=O) groups is 1. The van der Waals surface area contributed by atoms with Gasteiger partial charge in [-0.1, -0.05) is 31.5 Å². The second-order valence-corrected chi connectivity index (χ2v) is 9.43. The summed E-state index contributed by atoms with van der Waals surface area (Å²) in [5, 5.41) is 0. The van der Waals surface area contributed by atoms with Crippen LogP contribution in [-0.4, -0.2) is 55.9 Å². The van der Waals surface area contributed by atoms with Crippen molar-refractivity contribution in [3.8, 4) is 0 Å². The predicted octanol–water partition coefficient (Wildman–Crippen LogP) is 3.28. The summed E-state index contributed by atoms with van der Waals surface area (Å²) in [6.45, 7) is 3.50. The van der Waals surface area contributed by atoms with Crippen LogP contribution in [0.1, 0.15) is 38.4 Å². The Morgan fingerprint density at radius 3 is 2.60 bits per heavy atom. The fraction of sp³-hybridized carbons (Fsp3) is 0.500. The van der Waals surface area contributed by atoms with Gasteiger partial charge in [0.2, 0.25) is 15.9 Å². The van der Waals surface area contributed by atoms with Crippen LogP contribution in [0.25, 0.3) is 0 Å². The van der Waals surface area contributed by atoms with E-state index < -0.39 is 10.0 Å². The summed E-state index contributed by atoms with van der Waals surface area (Å²) in [4.78, 5) is 15.1. The number of carbonyl (C=O) groups excluding carboxylic acids is 1. The van der Waals surface area contributed by atoms with Gasteiger partial charge in [-0.2, -0.15) is 4.31 Å². The molecular formula is C22H30N2O5S. The molecule has 164 valence electrons. The highest BCUT2D eigenvalue weighted by molar-refractivity contribution is 7.89. The maximum Gasteiger partial charge on any atom is 0.243 e. The van der Waals surface area contributed by atoms with Crippen LogP contribution in [0.5, 0.6) is 0 Å². The van der Waals surface area contributed by atoms with Gasteiger partial charge in [0.15, 0.2) is 0 Å². The van der Waals surface area contributed by atoms with E-state index in [9.17, 15) is 13.2 Å². The van der Waals surface area contributed by atoms with Gasteiger partial charge in [0.05, 0.1) is 30.4 Å². The molecule has 7 nitrogen and oxygen atoms in total. The lowest BCUT2D eigenvalue weighted by molar-refractivity contribution is -0.134. The Morgan fingerprint density at radius 1 is 1.17 bits per heavy atom. The van der Waals surface area contributed by atoms with Gasteiger partial charge in [0, 0.05) is 19.7 Å². The number of hydrogen-bond donors (Lipinski definition) is 0. The molecule has 0 saturated carbocycles. The minimum Gasteiger partial charge on any atom is -0.467 e. The molecule has 3 rings (SSSR count). The number of ether oxygens (including phenoxy) is 1. The van der Waals surface area contributed by atoms with E-state index in [-0.39, 0.29) is 23.5 Å². The molecule has 2 heterocycles. The van der Waals surface area contributed by atoms with E-state index in [4.69, 9.17) is 9.15 Å². The standard InChI is InChI=1S/C22H30N2O5S/c1-2-3-13-24(30(26,27)21-11-5-4-6-12-21)18-22(25)23(16-19-9-7-14-28-19)17-20-10-8-15-29-20/h4-7,9,11-12,14,20H,2-3,8,10,13,15-18H2,1H3. The van der Waals surface area contributed by atoms with Crippen LogP contribution in [0, 0.1) is 0 Å². The zero-order valence-electron chi connectivity index (χ0n) is 17.4. The van der Waals surface area contributed by atoms with Crippen molar-refractivity contribution in [1.82, 2.24) is 9.21 Å². The topological polar surface area (TPSA) is 80.1 Å². The molecule has 2 aromatic rings. The maximum atomic E-state index is 13.2. The monoisotopic (exact) mass is 434 g/mol. The number of benzene rings is 1. The summed E-state index contributed by atoms with van der Waals surface area (Å²) in [7, 11) is -3.76. The van der Waals surface area contributed by atoms with Gasteiger partial charge in [-0.15, -0.1) is 0 Å². The average molecular weight is 435 g/mol. The molecule has 0 N–H and O–H groups in total. The van der Waals surface area contributed by atoms with Crippen molar-refractivity contribution in [2.45, 2.75) is 50.2 Å².